The van der Waals surface area contributed by atoms with Gasteiger partial charge in [0.05, 0.1) is 6.61 Å². The van der Waals surface area contributed by atoms with Crippen LogP contribution in [0.25, 0.3) is 0 Å². The molecule has 4 N–H and O–H groups in total. The van der Waals surface area contributed by atoms with Crippen LogP contribution in [0.3, 0.4) is 0 Å². The molecule has 0 saturated heterocycles. The Morgan fingerprint density at radius 3 is 0.967 bits per heavy atom. The van der Waals surface area contributed by atoms with E-state index in [4.69, 9.17) is 9.05 Å². The van der Waals surface area contributed by atoms with Crippen molar-refractivity contribution in [1.29, 1.82) is 0 Å². The Morgan fingerprint density at radius 1 is 0.361 bits per heavy atom. The minimum Gasteiger partial charge on any atom is -0.328 e. The average molecular weight is 857 g/mol. The Balaban J connectivity index is 1.80. The molecular formula is C53H62O6P2. The molecule has 0 fully saturated rings. The SMILES string of the molecule is CC(C)(c1ccccc1)c1ccc(C(OP(O)O)(c2ccc(C(C)(C)c3ccccc3)cc2C(C)(C)c2ccccc2)C(C)(C)COP(O)O)c(C(C)(C)c2ccccc2)c1. The normalized spacial score (nSPS) is 13.2. The van der Waals surface area contributed by atoms with Gasteiger partial charge in [-0.05, 0) is 55.6 Å². The van der Waals surface area contributed by atoms with Gasteiger partial charge in [-0.2, -0.15) is 0 Å². The van der Waals surface area contributed by atoms with Gasteiger partial charge in [-0.25, -0.2) is 0 Å². The summed E-state index contributed by atoms with van der Waals surface area (Å²) in [6.45, 7) is 21.3. The van der Waals surface area contributed by atoms with Gasteiger partial charge < -0.3 is 24.1 Å². The fraction of sp³-hybridized carbons (Fsp3) is 0.321. The molecule has 0 bridgehead atoms. The maximum Gasteiger partial charge on any atom is 0.328 e. The summed E-state index contributed by atoms with van der Waals surface area (Å²) in [7, 11) is -5.81. The molecule has 0 amide bonds. The monoisotopic (exact) mass is 856 g/mol. The van der Waals surface area contributed by atoms with Crippen molar-refractivity contribution in [2.45, 2.75) is 96.5 Å². The van der Waals surface area contributed by atoms with Crippen LogP contribution in [0.5, 0.6) is 0 Å². The third-order valence-electron chi connectivity index (χ3n) is 13.3. The minimum absolute atomic E-state index is 0.195. The molecule has 6 aromatic carbocycles. The van der Waals surface area contributed by atoms with Gasteiger partial charge in [-0.1, -0.05) is 227 Å². The van der Waals surface area contributed by atoms with Gasteiger partial charge in [0.2, 0.25) is 0 Å². The van der Waals surface area contributed by atoms with E-state index in [0.29, 0.717) is 11.1 Å². The lowest BCUT2D eigenvalue weighted by Gasteiger charge is -2.51. The van der Waals surface area contributed by atoms with E-state index >= 15 is 0 Å². The molecule has 0 aliphatic rings. The van der Waals surface area contributed by atoms with Crippen LogP contribution >= 0.6 is 17.2 Å². The van der Waals surface area contributed by atoms with E-state index in [1.807, 2.05) is 62.4 Å². The predicted octanol–water partition coefficient (Wildman–Crippen LogP) is 12.7. The Bertz CT molecular complexity index is 2220. The molecule has 61 heavy (non-hydrogen) atoms. The Kier molecular flexibility index (Phi) is 13.7. The highest BCUT2D eigenvalue weighted by Crippen LogP contribution is 2.60. The zero-order chi connectivity index (χ0) is 44.4. The van der Waals surface area contributed by atoms with Gasteiger partial charge in [0, 0.05) is 27.1 Å². The standard InChI is InChI=1S/C53H62O6P2/c1-48(2,37-58-60(54)55)53(59-61(56)57,44-33-31-42(49(3,4)38-23-15-11-16-24-38)35-46(44)51(7,8)40-27-19-13-20-28-40)45-34-32-43(50(5,6)39-25-17-12-18-26-39)36-47(45)52(9,10)41-29-21-14-22-30-41/h11-36,54-57H,37H2,1-10H3. The first-order valence-corrected chi connectivity index (χ1v) is 23.2. The van der Waals surface area contributed by atoms with Crippen molar-refractivity contribution in [2.24, 2.45) is 5.41 Å². The van der Waals surface area contributed by atoms with E-state index in [2.05, 4.69) is 165 Å². The largest absolute Gasteiger partial charge is 0.328 e. The number of hydrogen-bond acceptors (Lipinski definition) is 6. The van der Waals surface area contributed by atoms with Gasteiger partial charge in [-0.15, -0.1) is 0 Å². The van der Waals surface area contributed by atoms with E-state index < -0.39 is 49.9 Å². The summed E-state index contributed by atoms with van der Waals surface area (Å²) in [4.78, 5) is 43.4. The maximum absolute atomic E-state index is 11.4. The van der Waals surface area contributed by atoms with Crippen LogP contribution in [0.15, 0.2) is 158 Å². The average Bonchev–Trinajstić information content (AvgIpc) is 3.25. The van der Waals surface area contributed by atoms with Crippen LogP contribution in [0.2, 0.25) is 0 Å². The molecule has 0 aliphatic heterocycles. The number of rotatable bonds is 16. The fourth-order valence-electron chi connectivity index (χ4n) is 9.12. The molecule has 0 aliphatic carbocycles. The van der Waals surface area contributed by atoms with Crippen LogP contribution in [-0.2, 0) is 36.3 Å². The summed E-state index contributed by atoms with van der Waals surface area (Å²) >= 11 is 0. The Morgan fingerprint density at radius 2 is 0.672 bits per heavy atom. The first kappa shape index (κ1) is 46.4. The summed E-state index contributed by atoms with van der Waals surface area (Å²) in [5.74, 6) is 0. The molecule has 0 atom stereocenters. The highest BCUT2D eigenvalue weighted by atomic mass is 31.2. The minimum atomic E-state index is -3.04. The van der Waals surface area contributed by atoms with Crippen molar-refractivity contribution in [2.75, 3.05) is 6.61 Å². The van der Waals surface area contributed by atoms with Crippen molar-refractivity contribution in [3.63, 3.8) is 0 Å². The molecule has 0 spiro atoms. The van der Waals surface area contributed by atoms with Crippen molar-refractivity contribution < 1.29 is 28.6 Å². The second-order valence-corrected chi connectivity index (χ2v) is 20.4. The smallest absolute Gasteiger partial charge is 0.328 e. The zero-order valence-corrected chi connectivity index (χ0v) is 39.0. The molecule has 6 rings (SSSR count). The third-order valence-corrected chi connectivity index (χ3v) is 14.1. The van der Waals surface area contributed by atoms with E-state index in [1.165, 1.54) is 0 Å². The summed E-state index contributed by atoms with van der Waals surface area (Å²) < 4.78 is 12.7. The topological polar surface area (TPSA) is 99.4 Å². The van der Waals surface area contributed by atoms with Crippen LogP contribution in [0.4, 0.5) is 0 Å². The zero-order valence-electron chi connectivity index (χ0n) is 37.2. The fourth-order valence-corrected chi connectivity index (χ4v) is 10.2. The van der Waals surface area contributed by atoms with Gasteiger partial charge in [0.25, 0.3) is 0 Å². The lowest BCUT2D eigenvalue weighted by Crippen LogP contribution is -2.50. The number of hydrogen-bond donors (Lipinski definition) is 4. The van der Waals surface area contributed by atoms with Crippen molar-refractivity contribution in [1.82, 2.24) is 0 Å². The van der Waals surface area contributed by atoms with Gasteiger partial charge >= 0.3 is 17.2 Å². The lowest BCUT2D eigenvalue weighted by molar-refractivity contribution is -0.0484. The highest BCUT2D eigenvalue weighted by Gasteiger charge is 2.56. The quantitative estimate of drug-likeness (QED) is 0.0724. The molecular weight excluding hydrogens is 795 g/mol. The van der Waals surface area contributed by atoms with Crippen molar-refractivity contribution in [3.8, 4) is 0 Å². The molecule has 0 heterocycles. The van der Waals surface area contributed by atoms with Gasteiger partial charge in [0.1, 0.15) is 5.60 Å². The second kappa shape index (κ2) is 18.0. The summed E-state index contributed by atoms with van der Waals surface area (Å²) in [6, 6.07) is 54.4. The van der Waals surface area contributed by atoms with E-state index in [0.717, 1.165) is 44.5 Å². The van der Waals surface area contributed by atoms with E-state index in [-0.39, 0.29) is 6.61 Å². The maximum atomic E-state index is 11.4. The number of benzene rings is 6. The Labute approximate surface area is 366 Å². The molecule has 0 aromatic heterocycles. The first-order valence-electron chi connectivity index (χ1n) is 20.9. The molecule has 6 nitrogen and oxygen atoms in total. The summed E-state index contributed by atoms with van der Waals surface area (Å²) in [5, 5.41) is 0. The van der Waals surface area contributed by atoms with Crippen LogP contribution < -0.4 is 0 Å². The second-order valence-electron chi connectivity index (χ2n) is 18.9. The third kappa shape index (κ3) is 9.07. The predicted molar refractivity (Wildman–Crippen MR) is 251 cm³/mol. The van der Waals surface area contributed by atoms with Crippen LogP contribution in [0, 0.1) is 5.41 Å². The highest BCUT2D eigenvalue weighted by molar-refractivity contribution is 7.39. The molecule has 0 radical (unpaired) electrons. The first-order chi connectivity index (χ1) is 28.7. The Hall–Kier alpha value is -4.06. The van der Waals surface area contributed by atoms with Crippen molar-refractivity contribution in [3.05, 3.63) is 213 Å². The molecule has 320 valence electrons. The van der Waals surface area contributed by atoms with E-state index in [1.54, 1.807) is 0 Å². The van der Waals surface area contributed by atoms with Crippen LogP contribution in [-0.4, -0.2) is 26.2 Å². The van der Waals surface area contributed by atoms with Gasteiger partial charge in [-0.3, -0.25) is 4.52 Å². The molecule has 6 aromatic rings. The lowest BCUT2D eigenvalue weighted by atomic mass is 9.59. The summed E-state index contributed by atoms with van der Waals surface area (Å²) in [6.07, 6.45) is 0. The van der Waals surface area contributed by atoms with Crippen molar-refractivity contribution >= 4 is 17.2 Å². The molecule has 8 heteroatoms. The molecule has 0 saturated carbocycles. The van der Waals surface area contributed by atoms with Crippen LogP contribution in [0.1, 0.15) is 125 Å². The summed E-state index contributed by atoms with van der Waals surface area (Å²) in [5.41, 5.74) is 4.79. The van der Waals surface area contributed by atoms with E-state index in [9.17, 15) is 19.6 Å². The molecule has 0 unspecified atom stereocenters. The van der Waals surface area contributed by atoms with Gasteiger partial charge in [0.15, 0.2) is 0 Å².